The molecule has 0 unspecified atom stereocenters. The van der Waals surface area contributed by atoms with Gasteiger partial charge >= 0.3 is 5.97 Å². The Morgan fingerprint density at radius 3 is 1.90 bits per heavy atom. The number of nitrogens with zero attached hydrogens (tertiary/aromatic N) is 2. The molecule has 1 N–H and O–H groups in total. The molecule has 1 aromatic heterocycles. The molecule has 206 valence electrons. The van der Waals surface area contributed by atoms with Crippen molar-refractivity contribution >= 4 is 11.8 Å². The fourth-order valence-electron chi connectivity index (χ4n) is 4.44. The number of carbonyl (C=O) groups is 2. The van der Waals surface area contributed by atoms with Crippen LogP contribution in [0.2, 0.25) is 0 Å². The van der Waals surface area contributed by atoms with Crippen LogP contribution in [-0.4, -0.2) is 32.9 Å². The summed E-state index contributed by atoms with van der Waals surface area (Å²) in [5.74, 6) is -0.760. The first-order chi connectivity index (χ1) is 19.0. The quantitative estimate of drug-likeness (QED) is 0.212. The number of aliphatic carboxylic acids is 1. The first kappa shape index (κ1) is 28.7. The van der Waals surface area contributed by atoms with Crippen LogP contribution in [-0.2, 0) is 16.6 Å². The molecule has 1 atom stereocenters. The number of hydrogen-bond acceptors (Lipinski definition) is 5. The maximum atomic E-state index is 12.8. The Bertz CT molecular complexity index is 1430. The number of ketones is 1. The van der Waals surface area contributed by atoms with E-state index in [1.54, 1.807) is 24.3 Å². The van der Waals surface area contributed by atoms with Crippen molar-refractivity contribution in [2.45, 2.75) is 59.0 Å². The molecule has 0 bridgehead atoms. The van der Waals surface area contributed by atoms with E-state index in [1.807, 2.05) is 50.5 Å². The van der Waals surface area contributed by atoms with Gasteiger partial charge in [-0.25, -0.2) is 9.97 Å². The zero-order valence-electron chi connectivity index (χ0n) is 23.7. The van der Waals surface area contributed by atoms with E-state index in [9.17, 15) is 14.7 Å². The maximum Gasteiger partial charge on any atom is 0.307 e. The Morgan fingerprint density at radius 1 is 0.800 bits per heavy atom. The minimum Gasteiger partial charge on any atom is -0.491 e. The first-order valence-corrected chi connectivity index (χ1v) is 13.5. The highest BCUT2D eigenvalue weighted by Gasteiger charge is 2.23. The number of aromatic nitrogens is 2. The normalized spacial score (nSPS) is 12.2. The van der Waals surface area contributed by atoms with Crippen molar-refractivity contribution in [1.29, 1.82) is 0 Å². The van der Waals surface area contributed by atoms with Crippen molar-refractivity contribution in [3.8, 4) is 28.3 Å². The third kappa shape index (κ3) is 7.41. The lowest BCUT2D eigenvalue weighted by molar-refractivity contribution is -0.141. The highest BCUT2D eigenvalue weighted by Crippen LogP contribution is 2.27. The van der Waals surface area contributed by atoms with Gasteiger partial charge in [-0.15, -0.1) is 0 Å². The summed E-state index contributed by atoms with van der Waals surface area (Å²) in [6.07, 6.45) is 3.83. The van der Waals surface area contributed by atoms with Crippen LogP contribution in [0.4, 0.5) is 0 Å². The van der Waals surface area contributed by atoms with Gasteiger partial charge in [-0.1, -0.05) is 69.3 Å². The third-order valence-corrected chi connectivity index (χ3v) is 6.76. The highest BCUT2D eigenvalue weighted by atomic mass is 16.5. The van der Waals surface area contributed by atoms with Crippen LogP contribution < -0.4 is 4.74 Å². The average Bonchev–Trinajstić information content (AvgIpc) is 2.93. The third-order valence-electron chi connectivity index (χ3n) is 6.76. The lowest BCUT2D eigenvalue weighted by atomic mass is 9.86. The number of hydrogen-bond donors (Lipinski definition) is 1. The molecular weight excluding hydrogens is 500 g/mol. The second-order valence-electron chi connectivity index (χ2n) is 11.4. The largest absolute Gasteiger partial charge is 0.491 e. The van der Waals surface area contributed by atoms with Crippen molar-refractivity contribution in [3.63, 3.8) is 0 Å². The standard InChI is InChI=1S/C34H36N2O4/c1-22(2)40-30-16-12-25(13-17-30)31(37)19-27(33(38)39)18-23-6-8-26(9-7-23)32-35-20-28(21-36-32)24-10-14-29(15-11-24)34(3,4)5/h6-17,20-22,27H,18-19H2,1-5H3,(H,38,39)/t27-/m1/s1. The molecule has 0 amide bonds. The molecule has 1 heterocycles. The SMILES string of the molecule is CC(C)Oc1ccc(C(=O)C[C@@H](Cc2ccc(-c3ncc(-c4ccc(C(C)(C)C)cc4)cn3)cc2)C(=O)O)cc1. The number of Topliss-reactive ketones (excluding diaryl/α,β-unsaturated/α-hetero) is 1. The highest BCUT2D eigenvalue weighted by molar-refractivity contribution is 5.98. The van der Waals surface area contributed by atoms with E-state index in [-0.39, 0.29) is 30.1 Å². The van der Waals surface area contributed by atoms with Crippen molar-refractivity contribution < 1.29 is 19.4 Å². The number of carbonyl (C=O) groups excluding carboxylic acids is 1. The van der Waals surface area contributed by atoms with Gasteiger partial charge in [0, 0.05) is 35.5 Å². The molecule has 0 spiro atoms. The lowest BCUT2D eigenvalue weighted by Gasteiger charge is -2.19. The Hall–Kier alpha value is -4.32. The molecule has 4 aromatic rings. The number of rotatable bonds is 10. The van der Waals surface area contributed by atoms with Gasteiger partial charge in [-0.3, -0.25) is 9.59 Å². The molecule has 0 aliphatic heterocycles. The van der Waals surface area contributed by atoms with E-state index in [2.05, 4.69) is 55.0 Å². The summed E-state index contributed by atoms with van der Waals surface area (Å²) < 4.78 is 5.61. The summed E-state index contributed by atoms with van der Waals surface area (Å²) in [6.45, 7) is 10.4. The number of carboxylic acids is 1. The van der Waals surface area contributed by atoms with Crippen LogP contribution in [0.15, 0.2) is 85.2 Å². The lowest BCUT2D eigenvalue weighted by Crippen LogP contribution is -2.20. The van der Waals surface area contributed by atoms with Crippen LogP contribution >= 0.6 is 0 Å². The second kappa shape index (κ2) is 12.2. The van der Waals surface area contributed by atoms with Crippen molar-refractivity contribution in [2.24, 2.45) is 5.92 Å². The van der Waals surface area contributed by atoms with Crippen molar-refractivity contribution in [1.82, 2.24) is 9.97 Å². The second-order valence-corrected chi connectivity index (χ2v) is 11.4. The van der Waals surface area contributed by atoms with E-state index < -0.39 is 11.9 Å². The predicted molar refractivity (Wildman–Crippen MR) is 158 cm³/mol. The fraction of sp³-hybridized carbons (Fsp3) is 0.294. The number of ether oxygens (including phenoxy) is 1. The predicted octanol–water partition coefficient (Wildman–Crippen LogP) is 7.41. The molecule has 4 rings (SSSR count). The van der Waals surface area contributed by atoms with Gasteiger partial charge < -0.3 is 9.84 Å². The molecule has 6 nitrogen and oxygen atoms in total. The van der Waals surface area contributed by atoms with Gasteiger partial charge in [0.25, 0.3) is 0 Å². The summed E-state index contributed by atoms with van der Waals surface area (Å²) in [4.78, 5) is 33.9. The maximum absolute atomic E-state index is 12.8. The molecule has 0 saturated heterocycles. The van der Waals surface area contributed by atoms with Crippen LogP contribution in [0.3, 0.4) is 0 Å². The Labute approximate surface area is 236 Å². The molecule has 0 radical (unpaired) electrons. The molecule has 6 heteroatoms. The van der Waals surface area contributed by atoms with Crippen molar-refractivity contribution in [3.05, 3.63) is 102 Å². The molecule has 0 fully saturated rings. The Kier molecular flexibility index (Phi) is 8.78. The van der Waals surface area contributed by atoms with Gasteiger partial charge in [-0.2, -0.15) is 0 Å². The summed E-state index contributed by atoms with van der Waals surface area (Å²) >= 11 is 0. The van der Waals surface area contributed by atoms with E-state index in [1.165, 1.54) is 5.56 Å². The van der Waals surface area contributed by atoms with Crippen LogP contribution in [0.25, 0.3) is 22.5 Å². The molecule has 0 aliphatic rings. The van der Waals surface area contributed by atoms with Crippen LogP contribution in [0.5, 0.6) is 5.75 Å². The Morgan fingerprint density at radius 2 is 1.38 bits per heavy atom. The average molecular weight is 537 g/mol. The summed E-state index contributed by atoms with van der Waals surface area (Å²) in [5.41, 5.74) is 5.52. The molecule has 0 aliphatic carbocycles. The monoisotopic (exact) mass is 536 g/mol. The summed E-state index contributed by atoms with van der Waals surface area (Å²) in [7, 11) is 0. The van der Waals surface area contributed by atoms with Gasteiger partial charge in [0.2, 0.25) is 0 Å². The zero-order valence-corrected chi connectivity index (χ0v) is 23.7. The van der Waals surface area contributed by atoms with Crippen molar-refractivity contribution in [2.75, 3.05) is 0 Å². The molecular formula is C34H36N2O4. The van der Waals surface area contributed by atoms with Gasteiger partial charge in [0.05, 0.1) is 12.0 Å². The zero-order chi connectivity index (χ0) is 28.9. The van der Waals surface area contributed by atoms with Gasteiger partial charge in [-0.05, 0) is 66.6 Å². The van der Waals surface area contributed by atoms with Gasteiger partial charge in [0.15, 0.2) is 11.6 Å². The van der Waals surface area contributed by atoms with E-state index in [0.29, 0.717) is 17.1 Å². The van der Waals surface area contributed by atoms with E-state index in [4.69, 9.17) is 4.74 Å². The number of carboxylic acid groups (broad SMARTS) is 1. The molecule has 3 aromatic carbocycles. The Balaban J connectivity index is 1.40. The van der Waals surface area contributed by atoms with Crippen LogP contribution in [0.1, 0.15) is 62.5 Å². The number of benzene rings is 3. The topological polar surface area (TPSA) is 89.4 Å². The molecule has 40 heavy (non-hydrogen) atoms. The summed E-state index contributed by atoms with van der Waals surface area (Å²) in [6, 6.07) is 22.8. The van der Waals surface area contributed by atoms with E-state index in [0.717, 1.165) is 22.3 Å². The fourth-order valence-corrected chi connectivity index (χ4v) is 4.44. The minimum atomic E-state index is -0.994. The minimum absolute atomic E-state index is 0.0340. The van der Waals surface area contributed by atoms with Crippen LogP contribution in [0, 0.1) is 5.92 Å². The smallest absolute Gasteiger partial charge is 0.307 e. The summed E-state index contributed by atoms with van der Waals surface area (Å²) in [5, 5.41) is 9.79. The van der Waals surface area contributed by atoms with Gasteiger partial charge in [0.1, 0.15) is 5.75 Å². The van der Waals surface area contributed by atoms with E-state index >= 15 is 0 Å². The first-order valence-electron chi connectivity index (χ1n) is 13.5. The molecule has 0 saturated carbocycles.